The molecule has 0 radical (unpaired) electrons. The summed E-state index contributed by atoms with van der Waals surface area (Å²) in [6.07, 6.45) is 0.537. The summed E-state index contributed by atoms with van der Waals surface area (Å²) in [4.78, 5) is 23.9. The van der Waals surface area contributed by atoms with Crippen LogP contribution >= 0.6 is 0 Å². The molecule has 0 spiro atoms. The largest absolute Gasteiger partial charge is 0.463 e. The summed E-state index contributed by atoms with van der Waals surface area (Å²) >= 11 is 0. The van der Waals surface area contributed by atoms with Gasteiger partial charge in [0.1, 0.15) is 17.3 Å². The number of aromatic nitrogens is 2. The van der Waals surface area contributed by atoms with Crippen LogP contribution in [0.3, 0.4) is 0 Å². The van der Waals surface area contributed by atoms with Gasteiger partial charge in [0, 0.05) is 12.4 Å². The predicted molar refractivity (Wildman–Crippen MR) is 83.8 cm³/mol. The second-order valence-corrected chi connectivity index (χ2v) is 5.10. The Balaban J connectivity index is 2.09. The number of halogens is 2. The van der Waals surface area contributed by atoms with E-state index in [1.54, 1.807) is 19.2 Å². The van der Waals surface area contributed by atoms with Gasteiger partial charge in [-0.25, -0.2) is 18.4 Å². The molecule has 0 aliphatic rings. The molecular formula is C16H17F2N3O4. The van der Waals surface area contributed by atoms with Crippen LogP contribution in [0.2, 0.25) is 0 Å². The zero-order chi connectivity index (χ0) is 18.4. The molecule has 0 aliphatic carbocycles. The molecule has 1 aromatic carbocycles. The monoisotopic (exact) mass is 353 g/mol. The summed E-state index contributed by atoms with van der Waals surface area (Å²) in [6, 6.07) is 3.75. The van der Waals surface area contributed by atoms with Gasteiger partial charge in [-0.2, -0.15) is 5.10 Å². The van der Waals surface area contributed by atoms with E-state index in [9.17, 15) is 18.4 Å². The Morgan fingerprint density at radius 3 is 2.56 bits per heavy atom. The lowest BCUT2D eigenvalue weighted by molar-refractivity contribution is -0.153. The normalized spacial score (nSPS) is 11.7. The van der Waals surface area contributed by atoms with Crippen molar-refractivity contribution in [2.45, 2.75) is 26.5 Å². The number of esters is 1. The fourth-order valence-electron chi connectivity index (χ4n) is 2.05. The minimum atomic E-state index is -1.32. The molecule has 2 rings (SSSR count). The molecule has 2 aromatic rings. The van der Waals surface area contributed by atoms with Crippen LogP contribution in [0, 0.1) is 18.6 Å². The Hall–Kier alpha value is -2.97. The number of anilines is 1. The highest BCUT2D eigenvalue weighted by molar-refractivity contribution is 5.87. The Labute approximate surface area is 142 Å². The highest BCUT2D eigenvalue weighted by Crippen LogP contribution is 2.20. The highest BCUT2D eigenvalue weighted by atomic mass is 19.1. The third kappa shape index (κ3) is 5.00. The first kappa shape index (κ1) is 18.4. The number of nitrogens with one attached hydrogen (secondary N) is 1. The van der Waals surface area contributed by atoms with Crippen LogP contribution in [0.5, 0.6) is 0 Å². The van der Waals surface area contributed by atoms with E-state index in [2.05, 4.69) is 5.10 Å². The number of hydrogen-bond donors (Lipinski definition) is 1. The van der Waals surface area contributed by atoms with Crippen molar-refractivity contribution in [2.24, 2.45) is 0 Å². The number of carbonyl (C=O) groups is 2. The van der Waals surface area contributed by atoms with Gasteiger partial charge in [0.05, 0.1) is 13.2 Å². The van der Waals surface area contributed by atoms with Gasteiger partial charge in [0.25, 0.3) is 0 Å². The van der Waals surface area contributed by atoms with E-state index >= 15 is 0 Å². The maximum absolute atomic E-state index is 13.8. The standard InChI is InChI=1S/C16H17F2N3O4/c1-3-24-15(22)13(9-21-6-4-5-19-21)25-16(23)20-14-11(17)7-10(2)8-12(14)18/h4-8,13H,3,9H2,1-2H3,(H,20,23). The smallest absolute Gasteiger partial charge is 0.412 e. The van der Waals surface area contributed by atoms with Crippen LogP contribution in [0.25, 0.3) is 0 Å². The fraction of sp³-hybridized carbons (Fsp3) is 0.312. The van der Waals surface area contributed by atoms with Crippen LogP contribution in [-0.2, 0) is 20.8 Å². The summed E-state index contributed by atoms with van der Waals surface area (Å²) in [6.45, 7) is 3.09. The van der Waals surface area contributed by atoms with Crippen molar-refractivity contribution < 1.29 is 27.8 Å². The second-order valence-electron chi connectivity index (χ2n) is 5.10. The molecular weight excluding hydrogens is 336 g/mol. The van der Waals surface area contributed by atoms with Crippen LogP contribution < -0.4 is 5.32 Å². The average molecular weight is 353 g/mol. The van der Waals surface area contributed by atoms with Crippen LogP contribution in [-0.4, -0.2) is 34.6 Å². The minimum Gasteiger partial charge on any atom is -0.463 e. The summed E-state index contributed by atoms with van der Waals surface area (Å²) in [7, 11) is 0. The molecule has 1 atom stereocenters. The van der Waals surface area contributed by atoms with Gasteiger partial charge in [-0.1, -0.05) is 0 Å². The van der Waals surface area contributed by atoms with E-state index < -0.39 is 35.5 Å². The topological polar surface area (TPSA) is 82.5 Å². The third-order valence-electron chi connectivity index (χ3n) is 3.12. The van der Waals surface area contributed by atoms with Gasteiger partial charge in [0.15, 0.2) is 0 Å². The average Bonchev–Trinajstić information content (AvgIpc) is 3.03. The van der Waals surface area contributed by atoms with E-state index in [1.807, 2.05) is 5.32 Å². The first-order valence-corrected chi connectivity index (χ1v) is 7.48. The van der Waals surface area contributed by atoms with E-state index in [0.29, 0.717) is 5.56 Å². The molecule has 0 saturated carbocycles. The van der Waals surface area contributed by atoms with Crippen molar-refractivity contribution in [2.75, 3.05) is 11.9 Å². The van der Waals surface area contributed by atoms with Crippen molar-refractivity contribution in [1.82, 2.24) is 9.78 Å². The molecule has 134 valence electrons. The number of benzene rings is 1. The SMILES string of the molecule is CCOC(=O)C(Cn1cccn1)OC(=O)Nc1c(F)cc(C)cc1F. The van der Waals surface area contributed by atoms with E-state index in [1.165, 1.54) is 17.8 Å². The Bertz CT molecular complexity index is 727. The molecule has 7 nitrogen and oxygen atoms in total. The molecule has 1 unspecified atom stereocenters. The van der Waals surface area contributed by atoms with E-state index in [4.69, 9.17) is 9.47 Å². The zero-order valence-corrected chi connectivity index (χ0v) is 13.7. The number of aryl methyl sites for hydroxylation is 1. The number of rotatable bonds is 6. The van der Waals surface area contributed by atoms with Crippen LogP contribution in [0.1, 0.15) is 12.5 Å². The number of hydrogen-bond acceptors (Lipinski definition) is 5. The molecule has 25 heavy (non-hydrogen) atoms. The van der Waals surface area contributed by atoms with Crippen molar-refractivity contribution in [3.63, 3.8) is 0 Å². The zero-order valence-electron chi connectivity index (χ0n) is 13.7. The van der Waals surface area contributed by atoms with Gasteiger partial charge in [-0.15, -0.1) is 0 Å². The first-order chi connectivity index (χ1) is 11.9. The molecule has 0 fully saturated rings. The summed E-state index contributed by atoms with van der Waals surface area (Å²) < 4.78 is 38.7. The van der Waals surface area contributed by atoms with Gasteiger partial charge in [0.2, 0.25) is 6.10 Å². The highest BCUT2D eigenvalue weighted by Gasteiger charge is 2.26. The molecule has 1 heterocycles. The second kappa shape index (κ2) is 8.22. The maximum Gasteiger partial charge on any atom is 0.412 e. The van der Waals surface area contributed by atoms with Crippen molar-refractivity contribution in [1.29, 1.82) is 0 Å². The first-order valence-electron chi connectivity index (χ1n) is 7.48. The van der Waals surface area contributed by atoms with Crippen molar-refractivity contribution in [3.05, 3.63) is 47.8 Å². The lowest BCUT2D eigenvalue weighted by atomic mass is 10.2. The van der Waals surface area contributed by atoms with Gasteiger partial charge >= 0.3 is 12.1 Å². The van der Waals surface area contributed by atoms with E-state index in [0.717, 1.165) is 12.1 Å². The molecule has 0 bridgehead atoms. The lowest BCUT2D eigenvalue weighted by Crippen LogP contribution is -2.35. The van der Waals surface area contributed by atoms with Gasteiger partial charge in [-0.05, 0) is 37.6 Å². The lowest BCUT2D eigenvalue weighted by Gasteiger charge is -2.17. The number of amides is 1. The minimum absolute atomic E-state index is 0.0840. The summed E-state index contributed by atoms with van der Waals surface area (Å²) in [5.41, 5.74) is -0.297. The molecule has 1 N–H and O–H groups in total. The Morgan fingerprint density at radius 1 is 1.32 bits per heavy atom. The van der Waals surface area contributed by atoms with Crippen molar-refractivity contribution in [3.8, 4) is 0 Å². The summed E-state index contributed by atoms with van der Waals surface area (Å²) in [5.74, 6) is -2.69. The van der Waals surface area contributed by atoms with Crippen LogP contribution in [0.15, 0.2) is 30.6 Å². The van der Waals surface area contributed by atoms with Gasteiger partial charge < -0.3 is 9.47 Å². The van der Waals surface area contributed by atoms with Crippen molar-refractivity contribution >= 4 is 17.7 Å². The Morgan fingerprint density at radius 2 is 2.00 bits per heavy atom. The number of nitrogens with zero attached hydrogens (tertiary/aromatic N) is 2. The summed E-state index contributed by atoms with van der Waals surface area (Å²) in [5, 5.41) is 5.87. The molecule has 0 saturated heterocycles. The van der Waals surface area contributed by atoms with E-state index in [-0.39, 0.29) is 13.2 Å². The van der Waals surface area contributed by atoms with Crippen LogP contribution in [0.4, 0.5) is 19.3 Å². The predicted octanol–water partition coefficient (Wildman–Crippen LogP) is 2.65. The molecule has 0 aliphatic heterocycles. The maximum atomic E-state index is 13.8. The molecule has 1 amide bonds. The number of carbonyl (C=O) groups excluding carboxylic acids is 2. The number of ether oxygens (including phenoxy) is 2. The molecule has 9 heteroatoms. The van der Waals surface area contributed by atoms with Gasteiger partial charge in [-0.3, -0.25) is 10.00 Å². The third-order valence-corrected chi connectivity index (χ3v) is 3.12. The fourth-order valence-corrected chi connectivity index (χ4v) is 2.05. The Kier molecular flexibility index (Phi) is 6.04. The quantitative estimate of drug-likeness (QED) is 0.808. The molecule has 1 aromatic heterocycles.